The van der Waals surface area contributed by atoms with Crippen LogP contribution in [0.4, 0.5) is 0 Å². The van der Waals surface area contributed by atoms with Crippen LogP contribution < -0.4 is 0 Å². The second kappa shape index (κ2) is 7.23. The first kappa shape index (κ1) is 16.2. The number of benzene rings is 2. The molecule has 3 nitrogen and oxygen atoms in total. The maximum Gasteiger partial charge on any atom is 0.312 e. The van der Waals surface area contributed by atoms with Crippen molar-refractivity contribution in [2.45, 2.75) is 25.9 Å². The van der Waals surface area contributed by atoms with E-state index in [-0.39, 0.29) is 5.97 Å². The van der Waals surface area contributed by atoms with Gasteiger partial charge in [0.05, 0.1) is 12.5 Å². The molecule has 3 heteroatoms. The molecule has 0 heterocycles. The first-order valence-electron chi connectivity index (χ1n) is 7.54. The molecule has 2 rings (SSSR count). The van der Waals surface area contributed by atoms with Crippen LogP contribution >= 0.6 is 0 Å². The van der Waals surface area contributed by atoms with Gasteiger partial charge in [-0.2, -0.15) is 0 Å². The van der Waals surface area contributed by atoms with E-state index in [1.54, 1.807) is 13.8 Å². The van der Waals surface area contributed by atoms with Gasteiger partial charge in [0.15, 0.2) is 0 Å². The summed E-state index contributed by atoms with van der Waals surface area (Å²) in [6, 6.07) is 18.9. The summed E-state index contributed by atoms with van der Waals surface area (Å²) in [5, 5.41) is 11.0. The fraction of sp³-hybridized carbons (Fsp3) is 0.316. The molecule has 2 unspecified atom stereocenters. The minimum absolute atomic E-state index is 0.301. The summed E-state index contributed by atoms with van der Waals surface area (Å²) in [4.78, 5) is 12.4. The topological polar surface area (TPSA) is 46.5 Å². The molecule has 0 amide bonds. The summed E-state index contributed by atoms with van der Waals surface area (Å²) in [6.07, 6.45) is 0.432. The Bertz CT molecular complexity index is 591. The van der Waals surface area contributed by atoms with E-state index in [4.69, 9.17) is 4.74 Å². The lowest BCUT2D eigenvalue weighted by Gasteiger charge is -2.32. The number of carbonyl (C=O) groups is 1. The van der Waals surface area contributed by atoms with Crippen LogP contribution in [0, 0.1) is 5.92 Å². The van der Waals surface area contributed by atoms with Gasteiger partial charge >= 0.3 is 5.97 Å². The Morgan fingerprint density at radius 1 is 1.09 bits per heavy atom. The van der Waals surface area contributed by atoms with E-state index >= 15 is 0 Å². The van der Waals surface area contributed by atoms with Gasteiger partial charge in [-0.3, -0.25) is 4.79 Å². The third-order valence-corrected chi connectivity index (χ3v) is 3.89. The average Bonchev–Trinajstić information content (AvgIpc) is 2.54. The molecule has 0 aromatic heterocycles. The zero-order chi connectivity index (χ0) is 16.0. The van der Waals surface area contributed by atoms with Crippen LogP contribution in [0.25, 0.3) is 0 Å². The quantitative estimate of drug-likeness (QED) is 0.832. The lowest BCUT2D eigenvalue weighted by Crippen LogP contribution is -2.39. The number of rotatable bonds is 6. The zero-order valence-electron chi connectivity index (χ0n) is 13.0. The van der Waals surface area contributed by atoms with Crippen molar-refractivity contribution in [1.82, 2.24) is 0 Å². The van der Waals surface area contributed by atoms with Crippen molar-refractivity contribution in [2.75, 3.05) is 6.61 Å². The molecule has 0 aliphatic carbocycles. The molecule has 2 aromatic rings. The molecule has 1 N–H and O–H groups in total. The van der Waals surface area contributed by atoms with Gasteiger partial charge in [-0.15, -0.1) is 0 Å². The number of esters is 1. The SMILES string of the molecule is CCOC(=O)C(Cc1ccccc1)C(C)(O)c1ccccc1. The van der Waals surface area contributed by atoms with Crippen molar-refractivity contribution in [2.24, 2.45) is 5.92 Å². The van der Waals surface area contributed by atoms with Gasteiger partial charge in [0, 0.05) is 0 Å². The van der Waals surface area contributed by atoms with Crippen LogP contribution in [0.1, 0.15) is 25.0 Å². The molecule has 0 spiro atoms. The fourth-order valence-electron chi connectivity index (χ4n) is 2.58. The van der Waals surface area contributed by atoms with E-state index in [0.29, 0.717) is 18.6 Å². The van der Waals surface area contributed by atoms with Crippen LogP contribution in [0.15, 0.2) is 60.7 Å². The molecule has 116 valence electrons. The van der Waals surface area contributed by atoms with Crippen molar-refractivity contribution in [3.8, 4) is 0 Å². The fourth-order valence-corrected chi connectivity index (χ4v) is 2.58. The molecule has 0 saturated heterocycles. The second-order valence-electron chi connectivity index (χ2n) is 5.51. The molecule has 2 atom stereocenters. The number of hydrogen-bond donors (Lipinski definition) is 1. The highest BCUT2D eigenvalue weighted by atomic mass is 16.5. The van der Waals surface area contributed by atoms with Crippen LogP contribution in [-0.2, 0) is 21.6 Å². The number of hydrogen-bond acceptors (Lipinski definition) is 3. The predicted octanol–water partition coefficient (Wildman–Crippen LogP) is 3.32. The summed E-state index contributed by atoms with van der Waals surface area (Å²) in [5.74, 6) is -1.03. The highest BCUT2D eigenvalue weighted by molar-refractivity contribution is 5.74. The van der Waals surface area contributed by atoms with Gasteiger partial charge < -0.3 is 9.84 Å². The third-order valence-electron chi connectivity index (χ3n) is 3.89. The molecule has 22 heavy (non-hydrogen) atoms. The Morgan fingerprint density at radius 3 is 2.18 bits per heavy atom. The summed E-state index contributed by atoms with van der Waals surface area (Å²) in [5.41, 5.74) is 0.421. The molecule has 0 aliphatic rings. The monoisotopic (exact) mass is 298 g/mol. The molecule has 2 aromatic carbocycles. The van der Waals surface area contributed by atoms with Gasteiger partial charge in [-0.25, -0.2) is 0 Å². The summed E-state index contributed by atoms with van der Waals surface area (Å²) >= 11 is 0. The Balaban J connectivity index is 2.33. The predicted molar refractivity (Wildman–Crippen MR) is 86.3 cm³/mol. The first-order valence-corrected chi connectivity index (χ1v) is 7.54. The largest absolute Gasteiger partial charge is 0.466 e. The zero-order valence-corrected chi connectivity index (χ0v) is 13.0. The first-order chi connectivity index (χ1) is 10.6. The minimum atomic E-state index is -1.29. The van der Waals surface area contributed by atoms with Crippen molar-refractivity contribution in [3.63, 3.8) is 0 Å². The summed E-state index contributed by atoms with van der Waals surface area (Å²) < 4.78 is 5.19. The van der Waals surface area contributed by atoms with Crippen LogP contribution in [0.2, 0.25) is 0 Å². The second-order valence-corrected chi connectivity index (χ2v) is 5.51. The lowest BCUT2D eigenvalue weighted by atomic mass is 9.79. The van der Waals surface area contributed by atoms with Crippen LogP contribution in [0.3, 0.4) is 0 Å². The Kier molecular flexibility index (Phi) is 5.34. The number of carbonyl (C=O) groups excluding carboxylic acids is 1. The highest BCUT2D eigenvalue weighted by Gasteiger charge is 2.39. The van der Waals surface area contributed by atoms with Crippen molar-refractivity contribution in [1.29, 1.82) is 0 Å². The Labute approximate surface area is 131 Å². The van der Waals surface area contributed by atoms with Gasteiger partial charge in [0.2, 0.25) is 0 Å². The molecule has 0 aliphatic heterocycles. The molecule has 0 bridgehead atoms. The molecular weight excluding hydrogens is 276 g/mol. The number of aliphatic hydroxyl groups is 1. The van der Waals surface area contributed by atoms with E-state index < -0.39 is 11.5 Å². The summed E-state index contributed by atoms with van der Waals surface area (Å²) in [6.45, 7) is 3.75. The van der Waals surface area contributed by atoms with Gasteiger partial charge in [0.1, 0.15) is 5.60 Å². The van der Waals surface area contributed by atoms with E-state index in [0.717, 1.165) is 5.56 Å². The van der Waals surface area contributed by atoms with E-state index in [1.165, 1.54) is 0 Å². The standard InChI is InChI=1S/C19H22O3/c1-3-22-18(20)17(14-15-10-6-4-7-11-15)19(2,21)16-12-8-5-9-13-16/h4-13,17,21H,3,14H2,1-2H3. The van der Waals surface area contributed by atoms with Gasteiger partial charge in [0.25, 0.3) is 0 Å². The summed E-state index contributed by atoms with van der Waals surface area (Å²) in [7, 11) is 0. The molecular formula is C19H22O3. The lowest BCUT2D eigenvalue weighted by molar-refractivity contribution is -0.158. The minimum Gasteiger partial charge on any atom is -0.466 e. The Morgan fingerprint density at radius 2 is 1.64 bits per heavy atom. The highest BCUT2D eigenvalue weighted by Crippen LogP contribution is 2.32. The van der Waals surface area contributed by atoms with Gasteiger partial charge in [-0.1, -0.05) is 60.7 Å². The van der Waals surface area contributed by atoms with Crippen molar-refractivity contribution >= 4 is 5.97 Å². The van der Waals surface area contributed by atoms with Gasteiger partial charge in [-0.05, 0) is 31.4 Å². The van der Waals surface area contributed by atoms with Crippen molar-refractivity contribution < 1.29 is 14.6 Å². The van der Waals surface area contributed by atoms with Crippen molar-refractivity contribution in [3.05, 3.63) is 71.8 Å². The average molecular weight is 298 g/mol. The third kappa shape index (κ3) is 3.74. The van der Waals surface area contributed by atoms with E-state index in [2.05, 4.69) is 0 Å². The molecule has 0 fully saturated rings. The van der Waals surface area contributed by atoms with E-state index in [9.17, 15) is 9.90 Å². The maximum absolute atomic E-state index is 12.4. The van der Waals surface area contributed by atoms with E-state index in [1.807, 2.05) is 60.7 Å². The Hall–Kier alpha value is -2.13. The molecule has 0 saturated carbocycles. The smallest absolute Gasteiger partial charge is 0.312 e. The van der Waals surface area contributed by atoms with Crippen LogP contribution in [0.5, 0.6) is 0 Å². The normalized spacial score (nSPS) is 14.9. The molecule has 0 radical (unpaired) electrons. The number of ether oxygens (including phenoxy) is 1. The maximum atomic E-state index is 12.4. The van der Waals surface area contributed by atoms with Crippen LogP contribution in [-0.4, -0.2) is 17.7 Å².